The molecule has 5 aromatic carbocycles. The van der Waals surface area contributed by atoms with E-state index < -0.39 is 0 Å². The molecule has 272 valence electrons. The number of nitrogens with zero attached hydrogens (tertiary/aromatic N) is 2. The predicted octanol–water partition coefficient (Wildman–Crippen LogP) is 13.9. The van der Waals surface area contributed by atoms with E-state index in [1.165, 1.54) is 88.0 Å². The molecule has 0 N–H and O–H groups in total. The van der Waals surface area contributed by atoms with Gasteiger partial charge in [-0.25, -0.2) is 0 Å². The van der Waals surface area contributed by atoms with Gasteiger partial charge in [0.1, 0.15) is 0 Å². The zero-order valence-electron chi connectivity index (χ0n) is 32.4. The minimum Gasteiger partial charge on any atom is -0.368 e. The molecule has 0 amide bonds. The number of rotatable bonds is 7. The molecule has 0 radical (unpaired) electrons. The second kappa shape index (κ2) is 14.4. The smallest absolute Gasteiger partial charge is 0.0534 e. The van der Waals surface area contributed by atoms with Crippen LogP contribution in [0.15, 0.2) is 163 Å². The van der Waals surface area contributed by atoms with E-state index in [1.807, 2.05) is 6.08 Å². The zero-order chi connectivity index (χ0) is 37.5. The van der Waals surface area contributed by atoms with E-state index in [-0.39, 0.29) is 5.41 Å². The first-order chi connectivity index (χ1) is 26.9. The quantitative estimate of drug-likeness (QED) is 0.122. The fourth-order valence-electron chi connectivity index (χ4n) is 9.57. The summed E-state index contributed by atoms with van der Waals surface area (Å²) in [6.07, 6.45) is 25.1. The Labute approximate surface area is 327 Å². The first-order valence-electron chi connectivity index (χ1n) is 20.1. The molecule has 2 unspecified atom stereocenters. The average molecular weight is 715 g/mol. The van der Waals surface area contributed by atoms with Crippen LogP contribution in [0, 0.1) is 5.92 Å². The molecule has 0 saturated carbocycles. The Kier molecular flexibility index (Phi) is 9.14. The van der Waals surface area contributed by atoms with Gasteiger partial charge in [0.25, 0.3) is 0 Å². The topological polar surface area (TPSA) is 6.48 Å². The summed E-state index contributed by atoms with van der Waals surface area (Å²) in [6, 6.07) is 41.3. The second-order valence-electron chi connectivity index (χ2n) is 16.0. The summed E-state index contributed by atoms with van der Waals surface area (Å²) in [6.45, 7) is 12.3. The molecule has 0 bridgehead atoms. The maximum Gasteiger partial charge on any atom is 0.0534 e. The predicted molar refractivity (Wildman–Crippen MR) is 237 cm³/mol. The van der Waals surface area contributed by atoms with E-state index in [0.717, 1.165) is 22.6 Å². The summed E-state index contributed by atoms with van der Waals surface area (Å²) < 4.78 is 0. The van der Waals surface area contributed by atoms with Crippen LogP contribution < -0.4 is 9.80 Å². The summed E-state index contributed by atoms with van der Waals surface area (Å²) in [5.74, 6) is 0.695. The number of para-hydroxylation sites is 1. The molecule has 0 aromatic heterocycles. The Morgan fingerprint density at radius 2 is 1.47 bits per heavy atom. The molecule has 1 fully saturated rings. The Hall–Kier alpha value is -5.86. The average Bonchev–Trinajstić information content (AvgIpc) is 3.33. The van der Waals surface area contributed by atoms with E-state index in [1.54, 1.807) is 0 Å². The molecule has 9 rings (SSSR count). The molecule has 2 atom stereocenters. The van der Waals surface area contributed by atoms with Gasteiger partial charge in [0.2, 0.25) is 0 Å². The van der Waals surface area contributed by atoms with Crippen molar-refractivity contribution in [2.45, 2.75) is 57.9 Å². The lowest BCUT2D eigenvalue weighted by Crippen LogP contribution is -2.45. The van der Waals surface area contributed by atoms with Crippen molar-refractivity contribution in [3.05, 3.63) is 191 Å². The molecule has 2 aliphatic carbocycles. The van der Waals surface area contributed by atoms with Gasteiger partial charge in [0, 0.05) is 29.4 Å². The van der Waals surface area contributed by atoms with E-state index in [9.17, 15) is 0 Å². The Balaban J connectivity index is 0.987. The molecular formula is C53H50N2. The van der Waals surface area contributed by atoms with E-state index in [4.69, 9.17) is 0 Å². The molecule has 1 saturated heterocycles. The van der Waals surface area contributed by atoms with Gasteiger partial charge >= 0.3 is 0 Å². The van der Waals surface area contributed by atoms with Crippen molar-refractivity contribution in [3.8, 4) is 22.3 Å². The molecule has 0 spiro atoms. The molecule has 2 aliphatic heterocycles. The highest BCUT2D eigenvalue weighted by molar-refractivity contribution is 5.86. The van der Waals surface area contributed by atoms with Crippen LogP contribution in [0.3, 0.4) is 0 Å². The maximum atomic E-state index is 4.24. The van der Waals surface area contributed by atoms with Gasteiger partial charge in [-0.15, -0.1) is 0 Å². The number of fused-ring (bicyclic) bond motifs is 5. The lowest BCUT2D eigenvalue weighted by atomic mass is 9.80. The van der Waals surface area contributed by atoms with Crippen LogP contribution in [0.5, 0.6) is 0 Å². The van der Waals surface area contributed by atoms with Gasteiger partial charge in [-0.05, 0) is 137 Å². The lowest BCUT2D eigenvalue weighted by Gasteiger charge is -2.44. The second-order valence-corrected chi connectivity index (χ2v) is 16.0. The van der Waals surface area contributed by atoms with Crippen molar-refractivity contribution in [1.82, 2.24) is 0 Å². The summed E-state index contributed by atoms with van der Waals surface area (Å²) in [5.41, 5.74) is 17.4. The standard InChI is InChI=1S/C53H50N2/c1-5-14-39-27-28-41-17-8-10-23-52(41)55(50(39)6-2)45-21-12-19-43(35-45)42-18-11-15-37(33-42)24-25-38-26-30-46-47-31-29-44(36-49(47)53(3,4)48(46)34-38)54-32-13-20-40-16-7-9-22-51(40)54/h5-8,10-12,14-19,21,23-31,33-36,40,51H,2,9,13,20,22,32H2,1,3-4H3/b14-5-,25-24+. The fourth-order valence-corrected chi connectivity index (χ4v) is 9.57. The van der Waals surface area contributed by atoms with Crippen LogP contribution >= 0.6 is 0 Å². The van der Waals surface area contributed by atoms with Crippen molar-refractivity contribution in [2.75, 3.05) is 16.3 Å². The minimum atomic E-state index is -0.0602. The van der Waals surface area contributed by atoms with Gasteiger partial charge in [0.15, 0.2) is 0 Å². The third kappa shape index (κ3) is 6.34. The van der Waals surface area contributed by atoms with Gasteiger partial charge < -0.3 is 9.80 Å². The van der Waals surface area contributed by atoms with Gasteiger partial charge in [0.05, 0.1) is 11.4 Å². The largest absolute Gasteiger partial charge is 0.368 e. The number of hydrogen-bond donors (Lipinski definition) is 0. The van der Waals surface area contributed by atoms with E-state index in [2.05, 4.69) is 195 Å². The Morgan fingerprint density at radius 3 is 2.31 bits per heavy atom. The molecule has 5 aromatic rings. The monoisotopic (exact) mass is 714 g/mol. The zero-order valence-corrected chi connectivity index (χ0v) is 32.4. The first kappa shape index (κ1) is 34.9. The number of piperidine rings is 1. The van der Waals surface area contributed by atoms with Crippen LogP contribution in [0.1, 0.15) is 74.3 Å². The summed E-state index contributed by atoms with van der Waals surface area (Å²) in [5, 5.41) is 0. The Bertz CT molecular complexity index is 2450. The van der Waals surface area contributed by atoms with Gasteiger partial charge in [-0.1, -0.05) is 142 Å². The van der Waals surface area contributed by atoms with E-state index in [0.29, 0.717) is 12.0 Å². The van der Waals surface area contributed by atoms with Crippen LogP contribution in [-0.4, -0.2) is 12.6 Å². The minimum absolute atomic E-state index is 0.0602. The Morgan fingerprint density at radius 1 is 0.709 bits per heavy atom. The summed E-state index contributed by atoms with van der Waals surface area (Å²) >= 11 is 0. The SMILES string of the molecule is C=CC1=C(/C=C\C)C=Cc2ccccc2N1c1cccc(-c2cccc(/C=C/c3ccc4c(c3)C(C)(C)c3cc(N5CCCC6C=CCCC65)ccc3-4)c2)c1. The summed E-state index contributed by atoms with van der Waals surface area (Å²) in [4.78, 5) is 5.05. The molecule has 2 heterocycles. The van der Waals surface area contributed by atoms with Crippen LogP contribution in [0.4, 0.5) is 17.1 Å². The van der Waals surface area contributed by atoms with E-state index >= 15 is 0 Å². The van der Waals surface area contributed by atoms with Crippen LogP contribution in [0.25, 0.3) is 40.5 Å². The van der Waals surface area contributed by atoms with Crippen LogP contribution in [0.2, 0.25) is 0 Å². The molecular weight excluding hydrogens is 665 g/mol. The number of benzene rings is 5. The molecule has 55 heavy (non-hydrogen) atoms. The lowest BCUT2D eigenvalue weighted by molar-refractivity contribution is 0.350. The first-order valence-corrected chi connectivity index (χ1v) is 20.1. The number of hydrogen-bond acceptors (Lipinski definition) is 2. The third-order valence-corrected chi connectivity index (χ3v) is 12.3. The highest BCUT2D eigenvalue weighted by atomic mass is 15.2. The van der Waals surface area contributed by atoms with Crippen molar-refractivity contribution in [1.29, 1.82) is 0 Å². The molecule has 2 heteroatoms. The maximum absolute atomic E-state index is 4.24. The highest BCUT2D eigenvalue weighted by Gasteiger charge is 2.37. The van der Waals surface area contributed by atoms with Crippen molar-refractivity contribution < 1.29 is 0 Å². The van der Waals surface area contributed by atoms with Crippen molar-refractivity contribution in [2.24, 2.45) is 5.92 Å². The fraction of sp³-hybridized carbons (Fsp3) is 0.208. The number of allylic oxidation sites excluding steroid dienone is 6. The van der Waals surface area contributed by atoms with Crippen molar-refractivity contribution in [3.63, 3.8) is 0 Å². The normalized spacial score (nSPS) is 19.7. The van der Waals surface area contributed by atoms with Crippen molar-refractivity contribution >= 4 is 35.3 Å². The van der Waals surface area contributed by atoms with Gasteiger partial charge in [-0.2, -0.15) is 0 Å². The van der Waals surface area contributed by atoms with Gasteiger partial charge in [-0.3, -0.25) is 0 Å². The molecule has 2 nitrogen and oxygen atoms in total. The third-order valence-electron chi connectivity index (χ3n) is 12.3. The number of anilines is 3. The molecule has 4 aliphatic rings. The highest BCUT2D eigenvalue weighted by Crippen LogP contribution is 2.51. The van der Waals surface area contributed by atoms with Crippen LogP contribution in [-0.2, 0) is 5.41 Å². The summed E-state index contributed by atoms with van der Waals surface area (Å²) in [7, 11) is 0.